The Hall–Kier alpha value is -3.32. The van der Waals surface area contributed by atoms with Gasteiger partial charge in [-0.1, -0.05) is 17.7 Å². The van der Waals surface area contributed by atoms with Gasteiger partial charge in [0.25, 0.3) is 0 Å². The van der Waals surface area contributed by atoms with E-state index in [1.165, 1.54) is 6.07 Å². The fourth-order valence-electron chi connectivity index (χ4n) is 2.83. The van der Waals surface area contributed by atoms with Gasteiger partial charge < -0.3 is 8.82 Å². The van der Waals surface area contributed by atoms with E-state index in [1.54, 1.807) is 12.1 Å². The monoisotopic (exact) mass is 300 g/mol. The highest BCUT2D eigenvalue weighted by atomic mass is 16.3. The summed E-state index contributed by atoms with van der Waals surface area (Å²) in [4.78, 5) is 12.4. The molecule has 0 atom stereocenters. The van der Waals surface area contributed by atoms with E-state index >= 15 is 0 Å². The summed E-state index contributed by atoms with van der Waals surface area (Å²) in [6, 6.07) is 16.6. The second-order valence-corrected chi connectivity index (χ2v) is 5.49. The molecule has 0 bridgehead atoms. The number of hydrogen-bond donors (Lipinski definition) is 0. The Labute approximate surface area is 131 Å². The molecule has 3 heterocycles. The topological polar surface area (TPSA) is 58.4 Å². The molecule has 4 heteroatoms. The number of benzene rings is 1. The van der Waals surface area contributed by atoms with Crippen LogP contribution in [0.2, 0.25) is 0 Å². The van der Waals surface area contributed by atoms with Crippen molar-refractivity contribution in [1.82, 2.24) is 4.40 Å². The molecular weight excluding hydrogens is 288 g/mol. The minimum Gasteiger partial charge on any atom is -0.454 e. The van der Waals surface area contributed by atoms with E-state index in [0.717, 1.165) is 11.1 Å². The summed E-state index contributed by atoms with van der Waals surface area (Å²) < 4.78 is 7.78. The second-order valence-electron chi connectivity index (χ2n) is 5.49. The molecule has 0 saturated carbocycles. The summed E-state index contributed by atoms with van der Waals surface area (Å²) in [7, 11) is 0. The van der Waals surface area contributed by atoms with Crippen LogP contribution < -0.4 is 5.43 Å². The van der Waals surface area contributed by atoms with Crippen LogP contribution in [0.4, 0.5) is 0 Å². The van der Waals surface area contributed by atoms with Crippen LogP contribution >= 0.6 is 0 Å². The SMILES string of the molecule is Cc1ccc2oc(-c3cc(C#N)c4ccccn34)cc(=O)c2c1. The molecule has 1 aromatic carbocycles. The van der Waals surface area contributed by atoms with Crippen LogP contribution in [0.5, 0.6) is 0 Å². The zero-order chi connectivity index (χ0) is 16.0. The predicted octanol–water partition coefficient (Wildman–Crippen LogP) is 3.89. The van der Waals surface area contributed by atoms with Gasteiger partial charge in [-0.3, -0.25) is 4.79 Å². The van der Waals surface area contributed by atoms with Gasteiger partial charge in [-0.25, -0.2) is 0 Å². The average Bonchev–Trinajstić information content (AvgIpc) is 2.94. The molecule has 110 valence electrons. The molecule has 23 heavy (non-hydrogen) atoms. The zero-order valence-corrected chi connectivity index (χ0v) is 12.4. The van der Waals surface area contributed by atoms with Crippen LogP contribution in [0.15, 0.2) is 63.9 Å². The van der Waals surface area contributed by atoms with Gasteiger partial charge >= 0.3 is 0 Å². The maximum Gasteiger partial charge on any atom is 0.193 e. The van der Waals surface area contributed by atoms with Crippen LogP contribution in [-0.4, -0.2) is 4.40 Å². The van der Waals surface area contributed by atoms with Crippen molar-refractivity contribution in [2.75, 3.05) is 0 Å². The van der Waals surface area contributed by atoms with E-state index in [2.05, 4.69) is 6.07 Å². The summed E-state index contributed by atoms with van der Waals surface area (Å²) in [5, 5.41) is 9.86. The van der Waals surface area contributed by atoms with Crippen molar-refractivity contribution in [1.29, 1.82) is 5.26 Å². The summed E-state index contributed by atoms with van der Waals surface area (Å²) in [6.45, 7) is 1.94. The first-order valence-electron chi connectivity index (χ1n) is 7.22. The van der Waals surface area contributed by atoms with E-state index in [9.17, 15) is 10.1 Å². The molecule has 0 N–H and O–H groups in total. The van der Waals surface area contributed by atoms with Gasteiger partial charge in [0.2, 0.25) is 0 Å². The van der Waals surface area contributed by atoms with Crippen LogP contribution in [0.25, 0.3) is 27.9 Å². The third-order valence-corrected chi connectivity index (χ3v) is 3.93. The molecule has 0 spiro atoms. The molecule has 0 aliphatic heterocycles. The number of aryl methyl sites for hydroxylation is 1. The molecule has 0 saturated heterocycles. The third-order valence-electron chi connectivity index (χ3n) is 3.93. The minimum atomic E-state index is -0.0886. The summed E-state index contributed by atoms with van der Waals surface area (Å²) in [6.07, 6.45) is 1.85. The normalized spacial score (nSPS) is 11.0. The molecule has 0 aliphatic carbocycles. The quantitative estimate of drug-likeness (QED) is 0.536. The molecule has 4 rings (SSSR count). The van der Waals surface area contributed by atoms with Crippen molar-refractivity contribution >= 4 is 16.5 Å². The lowest BCUT2D eigenvalue weighted by atomic mass is 10.1. The highest BCUT2D eigenvalue weighted by Crippen LogP contribution is 2.27. The van der Waals surface area contributed by atoms with Crippen LogP contribution in [0, 0.1) is 18.3 Å². The van der Waals surface area contributed by atoms with Crippen LogP contribution in [0.3, 0.4) is 0 Å². The van der Waals surface area contributed by atoms with Crippen molar-refractivity contribution in [3.63, 3.8) is 0 Å². The number of nitrogens with zero attached hydrogens (tertiary/aromatic N) is 2. The smallest absolute Gasteiger partial charge is 0.193 e. The highest BCUT2D eigenvalue weighted by molar-refractivity contribution is 5.80. The Bertz CT molecular complexity index is 1160. The van der Waals surface area contributed by atoms with Gasteiger partial charge in [-0.2, -0.15) is 5.26 Å². The number of hydrogen-bond acceptors (Lipinski definition) is 3. The standard InChI is InChI=1S/C19H12N2O2/c1-12-5-6-18-14(8-12)17(22)10-19(23-18)16-9-13(11-20)15-4-2-3-7-21(15)16/h2-10H,1H3. The lowest BCUT2D eigenvalue weighted by Gasteiger charge is -2.04. The maximum atomic E-state index is 12.4. The lowest BCUT2D eigenvalue weighted by Crippen LogP contribution is -2.01. The Morgan fingerprint density at radius 3 is 2.83 bits per heavy atom. The molecule has 0 amide bonds. The van der Waals surface area contributed by atoms with E-state index < -0.39 is 0 Å². The Morgan fingerprint density at radius 1 is 1.13 bits per heavy atom. The predicted molar refractivity (Wildman–Crippen MR) is 88.3 cm³/mol. The van der Waals surface area contributed by atoms with Crippen LogP contribution in [-0.2, 0) is 0 Å². The van der Waals surface area contributed by atoms with Crippen molar-refractivity contribution in [3.8, 4) is 17.5 Å². The lowest BCUT2D eigenvalue weighted by molar-refractivity contribution is 0.615. The fraction of sp³-hybridized carbons (Fsp3) is 0.0526. The second kappa shape index (κ2) is 4.85. The third kappa shape index (κ3) is 2.02. The van der Waals surface area contributed by atoms with Gasteiger partial charge in [0.1, 0.15) is 11.7 Å². The van der Waals surface area contributed by atoms with E-state index in [0.29, 0.717) is 28.0 Å². The summed E-state index contributed by atoms with van der Waals surface area (Å²) >= 11 is 0. The van der Waals surface area contributed by atoms with Gasteiger partial charge in [-0.05, 0) is 37.3 Å². The number of fused-ring (bicyclic) bond motifs is 2. The number of pyridine rings is 1. The Kier molecular flexibility index (Phi) is 2.82. The first-order valence-corrected chi connectivity index (χ1v) is 7.22. The maximum absolute atomic E-state index is 12.4. The van der Waals surface area contributed by atoms with Crippen molar-refractivity contribution in [2.24, 2.45) is 0 Å². The first-order chi connectivity index (χ1) is 11.2. The largest absolute Gasteiger partial charge is 0.454 e. The number of rotatable bonds is 1. The average molecular weight is 300 g/mol. The van der Waals surface area contributed by atoms with Gasteiger partial charge in [0, 0.05) is 12.3 Å². The molecule has 0 radical (unpaired) electrons. The minimum absolute atomic E-state index is 0.0886. The molecule has 0 fully saturated rings. The molecule has 4 aromatic rings. The van der Waals surface area contributed by atoms with Crippen molar-refractivity contribution in [2.45, 2.75) is 6.92 Å². The van der Waals surface area contributed by atoms with Crippen molar-refractivity contribution in [3.05, 3.63) is 76.1 Å². The number of aromatic nitrogens is 1. The first kappa shape index (κ1) is 13.4. The molecule has 0 unspecified atom stereocenters. The summed E-state index contributed by atoms with van der Waals surface area (Å²) in [5.41, 5.74) is 3.50. The fourth-order valence-corrected chi connectivity index (χ4v) is 2.83. The summed E-state index contributed by atoms with van der Waals surface area (Å²) in [5.74, 6) is 0.453. The highest BCUT2D eigenvalue weighted by Gasteiger charge is 2.14. The van der Waals surface area contributed by atoms with E-state index in [4.69, 9.17) is 4.42 Å². The Morgan fingerprint density at radius 2 is 2.00 bits per heavy atom. The van der Waals surface area contributed by atoms with Gasteiger partial charge in [0.15, 0.2) is 11.2 Å². The zero-order valence-electron chi connectivity index (χ0n) is 12.4. The van der Waals surface area contributed by atoms with E-state index in [-0.39, 0.29) is 5.43 Å². The van der Waals surface area contributed by atoms with Crippen molar-refractivity contribution < 1.29 is 4.42 Å². The van der Waals surface area contributed by atoms with E-state index in [1.807, 2.05) is 47.9 Å². The number of nitriles is 1. The Balaban J connectivity index is 2.06. The molecule has 4 nitrogen and oxygen atoms in total. The molecular formula is C19H12N2O2. The van der Waals surface area contributed by atoms with Gasteiger partial charge in [0.05, 0.1) is 22.2 Å². The van der Waals surface area contributed by atoms with Crippen LogP contribution in [0.1, 0.15) is 11.1 Å². The van der Waals surface area contributed by atoms with Gasteiger partial charge in [-0.15, -0.1) is 0 Å². The molecule has 0 aliphatic rings. The molecule has 3 aromatic heterocycles.